The highest BCUT2D eigenvalue weighted by molar-refractivity contribution is 5.42. The SMILES string of the molecule is CCc1ccccc1Oc1c(F)cccc1CC(N)CC. The molecule has 0 saturated carbocycles. The fourth-order valence-electron chi connectivity index (χ4n) is 2.26. The summed E-state index contributed by atoms with van der Waals surface area (Å²) in [4.78, 5) is 0. The molecule has 0 aliphatic heterocycles. The molecule has 0 aliphatic carbocycles. The van der Waals surface area contributed by atoms with Gasteiger partial charge in [-0.05, 0) is 42.5 Å². The summed E-state index contributed by atoms with van der Waals surface area (Å²) in [5.41, 5.74) is 7.87. The molecule has 112 valence electrons. The predicted molar refractivity (Wildman–Crippen MR) is 84.3 cm³/mol. The van der Waals surface area contributed by atoms with E-state index >= 15 is 0 Å². The first-order valence-corrected chi connectivity index (χ1v) is 7.44. The predicted octanol–water partition coefficient (Wildman–Crippen LogP) is 4.46. The van der Waals surface area contributed by atoms with Gasteiger partial charge in [-0.15, -0.1) is 0 Å². The summed E-state index contributed by atoms with van der Waals surface area (Å²) in [5, 5.41) is 0. The zero-order valence-corrected chi connectivity index (χ0v) is 12.6. The van der Waals surface area contributed by atoms with E-state index in [4.69, 9.17) is 10.5 Å². The van der Waals surface area contributed by atoms with Gasteiger partial charge in [0.05, 0.1) is 0 Å². The maximum Gasteiger partial charge on any atom is 0.166 e. The Hall–Kier alpha value is -1.87. The molecule has 21 heavy (non-hydrogen) atoms. The van der Waals surface area contributed by atoms with E-state index in [1.54, 1.807) is 6.07 Å². The molecule has 3 heteroatoms. The highest BCUT2D eigenvalue weighted by Crippen LogP contribution is 2.31. The second-order valence-corrected chi connectivity index (χ2v) is 5.16. The molecule has 0 aliphatic rings. The normalized spacial score (nSPS) is 12.2. The molecule has 1 atom stereocenters. The van der Waals surface area contributed by atoms with Crippen molar-refractivity contribution in [1.29, 1.82) is 0 Å². The average Bonchev–Trinajstić information content (AvgIpc) is 2.51. The Morgan fingerprint density at radius 1 is 1.05 bits per heavy atom. The smallest absolute Gasteiger partial charge is 0.166 e. The summed E-state index contributed by atoms with van der Waals surface area (Å²) >= 11 is 0. The lowest BCUT2D eigenvalue weighted by Crippen LogP contribution is -2.21. The number of nitrogens with two attached hydrogens (primary N) is 1. The Bertz CT molecular complexity index is 598. The van der Waals surface area contributed by atoms with Crippen LogP contribution < -0.4 is 10.5 Å². The third-order valence-electron chi connectivity index (χ3n) is 3.62. The molecular weight excluding hydrogens is 265 g/mol. The topological polar surface area (TPSA) is 35.2 Å². The van der Waals surface area contributed by atoms with Crippen molar-refractivity contribution in [2.75, 3.05) is 0 Å². The molecule has 2 nitrogen and oxygen atoms in total. The summed E-state index contributed by atoms with van der Waals surface area (Å²) in [5.74, 6) is 0.653. The summed E-state index contributed by atoms with van der Waals surface area (Å²) < 4.78 is 20.0. The van der Waals surface area contributed by atoms with Crippen LogP contribution in [0.15, 0.2) is 42.5 Å². The van der Waals surface area contributed by atoms with Crippen molar-refractivity contribution in [3.63, 3.8) is 0 Å². The molecule has 0 bridgehead atoms. The van der Waals surface area contributed by atoms with Crippen molar-refractivity contribution in [3.05, 3.63) is 59.4 Å². The molecule has 2 rings (SSSR count). The van der Waals surface area contributed by atoms with Gasteiger partial charge >= 0.3 is 0 Å². The van der Waals surface area contributed by atoms with E-state index in [-0.39, 0.29) is 11.9 Å². The van der Waals surface area contributed by atoms with Gasteiger partial charge in [-0.25, -0.2) is 4.39 Å². The largest absolute Gasteiger partial charge is 0.454 e. The van der Waals surface area contributed by atoms with Gasteiger partial charge in [0.25, 0.3) is 0 Å². The molecule has 0 spiro atoms. The second kappa shape index (κ2) is 7.23. The van der Waals surface area contributed by atoms with E-state index < -0.39 is 0 Å². The Labute approximate surface area is 125 Å². The zero-order valence-electron chi connectivity index (χ0n) is 12.6. The lowest BCUT2D eigenvalue weighted by Gasteiger charge is -2.16. The average molecular weight is 287 g/mol. The molecular formula is C18H22FNO. The van der Waals surface area contributed by atoms with Gasteiger partial charge in [0.1, 0.15) is 5.75 Å². The van der Waals surface area contributed by atoms with Crippen molar-refractivity contribution < 1.29 is 9.13 Å². The standard InChI is InChI=1S/C18H22FNO/c1-3-13-8-5-6-11-17(13)21-18-14(12-15(20)4-2)9-7-10-16(18)19/h5-11,15H,3-4,12,20H2,1-2H3. The maximum atomic E-state index is 14.2. The Kier molecular flexibility index (Phi) is 5.34. The van der Waals surface area contributed by atoms with E-state index in [2.05, 4.69) is 6.92 Å². The molecule has 2 aromatic carbocycles. The molecule has 0 saturated heterocycles. The number of hydrogen-bond donors (Lipinski definition) is 1. The van der Waals surface area contributed by atoms with Crippen LogP contribution in [0, 0.1) is 5.82 Å². The first-order chi connectivity index (χ1) is 10.2. The van der Waals surface area contributed by atoms with E-state index in [0.29, 0.717) is 17.9 Å². The second-order valence-electron chi connectivity index (χ2n) is 5.16. The van der Waals surface area contributed by atoms with Crippen molar-refractivity contribution in [3.8, 4) is 11.5 Å². The van der Waals surface area contributed by atoms with Gasteiger partial charge in [-0.2, -0.15) is 0 Å². The maximum absolute atomic E-state index is 14.2. The third kappa shape index (κ3) is 3.82. The van der Waals surface area contributed by atoms with Gasteiger partial charge in [-0.1, -0.05) is 44.2 Å². The van der Waals surface area contributed by atoms with Crippen LogP contribution in [0.4, 0.5) is 4.39 Å². The first kappa shape index (κ1) is 15.5. The van der Waals surface area contributed by atoms with E-state index in [1.807, 2.05) is 37.3 Å². The minimum atomic E-state index is -0.346. The van der Waals surface area contributed by atoms with Crippen LogP contribution in [0.3, 0.4) is 0 Å². The number of ether oxygens (including phenoxy) is 1. The van der Waals surface area contributed by atoms with E-state index in [0.717, 1.165) is 24.0 Å². The number of hydrogen-bond acceptors (Lipinski definition) is 2. The minimum absolute atomic E-state index is 0.00979. The third-order valence-corrected chi connectivity index (χ3v) is 3.62. The monoisotopic (exact) mass is 287 g/mol. The zero-order chi connectivity index (χ0) is 15.2. The van der Waals surface area contributed by atoms with Crippen LogP contribution in [0.5, 0.6) is 11.5 Å². The van der Waals surface area contributed by atoms with Gasteiger partial charge in [0.2, 0.25) is 0 Å². The summed E-state index contributed by atoms with van der Waals surface area (Å²) in [6, 6.07) is 12.7. The van der Waals surface area contributed by atoms with Crippen molar-refractivity contribution in [2.45, 2.75) is 39.2 Å². The van der Waals surface area contributed by atoms with Crippen LogP contribution in [-0.2, 0) is 12.8 Å². The highest BCUT2D eigenvalue weighted by atomic mass is 19.1. The van der Waals surface area contributed by atoms with Gasteiger partial charge < -0.3 is 10.5 Å². The summed E-state index contributed by atoms with van der Waals surface area (Å²) in [6.45, 7) is 4.08. The van der Waals surface area contributed by atoms with Gasteiger partial charge in [0, 0.05) is 6.04 Å². The molecule has 2 aromatic rings. The molecule has 0 heterocycles. The first-order valence-electron chi connectivity index (χ1n) is 7.44. The Balaban J connectivity index is 2.34. The van der Waals surface area contributed by atoms with Crippen LogP contribution in [0.25, 0.3) is 0 Å². The molecule has 0 fully saturated rings. The number of rotatable bonds is 6. The fourth-order valence-corrected chi connectivity index (χ4v) is 2.26. The van der Waals surface area contributed by atoms with Crippen LogP contribution >= 0.6 is 0 Å². The number of benzene rings is 2. The van der Waals surface area contributed by atoms with Crippen molar-refractivity contribution in [1.82, 2.24) is 0 Å². The molecule has 0 aromatic heterocycles. The van der Waals surface area contributed by atoms with Gasteiger partial charge in [-0.3, -0.25) is 0 Å². The lowest BCUT2D eigenvalue weighted by atomic mass is 10.0. The Morgan fingerprint density at radius 2 is 1.76 bits per heavy atom. The quantitative estimate of drug-likeness (QED) is 0.851. The fraction of sp³-hybridized carbons (Fsp3) is 0.333. The van der Waals surface area contributed by atoms with Crippen LogP contribution in [-0.4, -0.2) is 6.04 Å². The minimum Gasteiger partial charge on any atom is -0.454 e. The highest BCUT2D eigenvalue weighted by Gasteiger charge is 2.14. The lowest BCUT2D eigenvalue weighted by molar-refractivity contribution is 0.429. The summed E-state index contributed by atoms with van der Waals surface area (Å²) in [6.07, 6.45) is 2.30. The van der Waals surface area contributed by atoms with Crippen molar-refractivity contribution >= 4 is 0 Å². The Morgan fingerprint density at radius 3 is 2.48 bits per heavy atom. The number of halogens is 1. The van der Waals surface area contributed by atoms with Crippen LogP contribution in [0.1, 0.15) is 31.4 Å². The van der Waals surface area contributed by atoms with Crippen molar-refractivity contribution in [2.24, 2.45) is 5.73 Å². The molecule has 1 unspecified atom stereocenters. The number of aryl methyl sites for hydroxylation is 1. The molecule has 2 N–H and O–H groups in total. The van der Waals surface area contributed by atoms with E-state index in [1.165, 1.54) is 6.07 Å². The van der Waals surface area contributed by atoms with Crippen LogP contribution in [0.2, 0.25) is 0 Å². The van der Waals surface area contributed by atoms with Gasteiger partial charge in [0.15, 0.2) is 11.6 Å². The molecule has 0 radical (unpaired) electrons. The van der Waals surface area contributed by atoms with E-state index in [9.17, 15) is 4.39 Å². The summed E-state index contributed by atoms with van der Waals surface area (Å²) in [7, 11) is 0. The molecule has 0 amide bonds. The number of para-hydroxylation sites is 2.